The molecule has 0 saturated carbocycles. The maximum absolute atomic E-state index is 12.7. The summed E-state index contributed by atoms with van der Waals surface area (Å²) in [5.41, 5.74) is 1.05. The molecule has 0 bridgehead atoms. The number of nitrogens with one attached hydrogen (secondary N) is 1. The van der Waals surface area contributed by atoms with Crippen molar-refractivity contribution in [3.63, 3.8) is 0 Å². The Kier molecular flexibility index (Phi) is 3.66. The molecule has 2 aliphatic rings. The van der Waals surface area contributed by atoms with E-state index in [9.17, 15) is 4.79 Å². The molecule has 0 radical (unpaired) electrons. The second-order valence-electron chi connectivity index (χ2n) is 5.89. The van der Waals surface area contributed by atoms with E-state index in [1.54, 1.807) is 7.11 Å². The molecule has 1 N–H and O–H groups in total. The molecule has 1 amide bonds. The summed E-state index contributed by atoms with van der Waals surface area (Å²) in [6.45, 7) is 3.50. The van der Waals surface area contributed by atoms with Gasteiger partial charge in [0.15, 0.2) is 0 Å². The number of hydrogen-bond donors (Lipinski definition) is 1. The molecule has 0 unspecified atom stereocenters. The summed E-state index contributed by atoms with van der Waals surface area (Å²) in [5, 5.41) is 3.38. The zero-order valence-corrected chi connectivity index (χ0v) is 12.0. The van der Waals surface area contributed by atoms with E-state index in [0.717, 1.165) is 44.6 Å². The number of ether oxygens (including phenoxy) is 1. The predicted octanol–water partition coefficient (Wildman–Crippen LogP) is 1.80. The molecule has 0 aromatic heterocycles. The van der Waals surface area contributed by atoms with Gasteiger partial charge >= 0.3 is 0 Å². The molecule has 20 heavy (non-hydrogen) atoms. The van der Waals surface area contributed by atoms with Crippen molar-refractivity contribution in [1.29, 1.82) is 0 Å². The Labute approximate surface area is 120 Å². The third-order valence-corrected chi connectivity index (χ3v) is 4.61. The highest BCUT2D eigenvalue weighted by atomic mass is 16.5. The van der Waals surface area contributed by atoms with Crippen LogP contribution >= 0.6 is 0 Å². The van der Waals surface area contributed by atoms with Crippen molar-refractivity contribution in [2.75, 3.05) is 26.7 Å². The van der Waals surface area contributed by atoms with Crippen molar-refractivity contribution < 1.29 is 9.53 Å². The van der Waals surface area contributed by atoms with Gasteiger partial charge in [0.05, 0.1) is 12.5 Å². The topological polar surface area (TPSA) is 41.6 Å². The van der Waals surface area contributed by atoms with E-state index in [0.29, 0.717) is 12.5 Å². The van der Waals surface area contributed by atoms with Crippen molar-refractivity contribution in [2.45, 2.75) is 25.8 Å². The van der Waals surface area contributed by atoms with Crippen LogP contribution in [0.3, 0.4) is 0 Å². The molecule has 2 aliphatic heterocycles. The molecule has 108 valence electrons. The van der Waals surface area contributed by atoms with Crippen molar-refractivity contribution in [2.24, 2.45) is 5.41 Å². The van der Waals surface area contributed by atoms with Gasteiger partial charge in [0, 0.05) is 19.6 Å². The van der Waals surface area contributed by atoms with Gasteiger partial charge in [-0.1, -0.05) is 12.1 Å². The summed E-state index contributed by atoms with van der Waals surface area (Å²) in [4.78, 5) is 14.7. The standard InChI is InChI=1S/C16H22N2O2/c1-20-14-5-3-13(4-6-14)11-18-10-8-16(15(18)19)7-2-9-17-12-16/h3-6,17H,2,7-12H2,1H3/t16-/m1/s1. The largest absolute Gasteiger partial charge is 0.497 e. The zero-order valence-electron chi connectivity index (χ0n) is 12.0. The van der Waals surface area contributed by atoms with Crippen molar-refractivity contribution >= 4 is 5.91 Å². The van der Waals surface area contributed by atoms with Gasteiger partial charge in [-0.3, -0.25) is 4.79 Å². The van der Waals surface area contributed by atoms with Crippen LogP contribution in [-0.4, -0.2) is 37.6 Å². The van der Waals surface area contributed by atoms with E-state index in [1.165, 1.54) is 5.56 Å². The molecule has 0 aliphatic carbocycles. The average molecular weight is 274 g/mol. The minimum atomic E-state index is -0.120. The van der Waals surface area contributed by atoms with Crippen LogP contribution in [0.5, 0.6) is 5.75 Å². The fourth-order valence-corrected chi connectivity index (χ4v) is 3.36. The number of benzene rings is 1. The minimum absolute atomic E-state index is 0.120. The molecule has 1 spiro atoms. The van der Waals surface area contributed by atoms with Gasteiger partial charge in [0.2, 0.25) is 5.91 Å². The normalized spacial score (nSPS) is 26.2. The fraction of sp³-hybridized carbons (Fsp3) is 0.562. The first-order valence-corrected chi connectivity index (χ1v) is 7.37. The van der Waals surface area contributed by atoms with Crippen LogP contribution in [0.25, 0.3) is 0 Å². The second kappa shape index (κ2) is 5.44. The molecular weight excluding hydrogens is 252 g/mol. The number of piperidine rings is 1. The van der Waals surface area contributed by atoms with Crippen LogP contribution in [-0.2, 0) is 11.3 Å². The van der Waals surface area contributed by atoms with Crippen LogP contribution in [0, 0.1) is 5.41 Å². The number of carbonyl (C=O) groups is 1. The van der Waals surface area contributed by atoms with Gasteiger partial charge in [-0.2, -0.15) is 0 Å². The maximum atomic E-state index is 12.7. The minimum Gasteiger partial charge on any atom is -0.497 e. The van der Waals surface area contributed by atoms with Crippen LogP contribution < -0.4 is 10.1 Å². The first-order valence-electron chi connectivity index (χ1n) is 7.37. The Morgan fingerprint density at radius 2 is 2.10 bits per heavy atom. The Hall–Kier alpha value is -1.55. The number of amides is 1. The maximum Gasteiger partial charge on any atom is 0.230 e. The Bertz CT molecular complexity index is 478. The van der Waals surface area contributed by atoms with Crippen molar-refractivity contribution in [3.05, 3.63) is 29.8 Å². The van der Waals surface area contributed by atoms with Crippen LogP contribution in [0.1, 0.15) is 24.8 Å². The fourth-order valence-electron chi connectivity index (χ4n) is 3.36. The molecule has 1 aromatic carbocycles. The van der Waals surface area contributed by atoms with Gasteiger partial charge in [0.1, 0.15) is 5.75 Å². The summed E-state index contributed by atoms with van der Waals surface area (Å²) in [6, 6.07) is 7.98. The molecule has 4 nitrogen and oxygen atoms in total. The molecule has 1 aromatic rings. The molecule has 2 fully saturated rings. The summed E-state index contributed by atoms with van der Waals surface area (Å²) in [5.74, 6) is 1.19. The Balaban J connectivity index is 1.67. The van der Waals surface area contributed by atoms with Gasteiger partial charge < -0.3 is 15.0 Å². The molecule has 3 rings (SSSR count). The predicted molar refractivity (Wildman–Crippen MR) is 77.6 cm³/mol. The third kappa shape index (κ3) is 2.40. The SMILES string of the molecule is COc1ccc(CN2CC[C@@]3(CCCNC3)C2=O)cc1. The highest BCUT2D eigenvalue weighted by molar-refractivity contribution is 5.85. The summed E-state index contributed by atoms with van der Waals surface area (Å²) in [7, 11) is 1.67. The van der Waals surface area contributed by atoms with Gasteiger partial charge in [0.25, 0.3) is 0 Å². The summed E-state index contributed by atoms with van der Waals surface area (Å²) in [6.07, 6.45) is 3.15. The van der Waals surface area contributed by atoms with E-state index in [1.807, 2.05) is 29.2 Å². The highest BCUT2D eigenvalue weighted by Crippen LogP contribution is 2.38. The smallest absolute Gasteiger partial charge is 0.230 e. The van der Waals surface area contributed by atoms with Crippen LogP contribution in [0.4, 0.5) is 0 Å². The third-order valence-electron chi connectivity index (χ3n) is 4.61. The number of nitrogens with zero attached hydrogens (tertiary/aromatic N) is 1. The van der Waals surface area contributed by atoms with Crippen LogP contribution in [0.2, 0.25) is 0 Å². The van der Waals surface area contributed by atoms with E-state index in [2.05, 4.69) is 5.32 Å². The second-order valence-corrected chi connectivity index (χ2v) is 5.89. The molecular formula is C16H22N2O2. The Morgan fingerprint density at radius 1 is 1.30 bits per heavy atom. The highest BCUT2D eigenvalue weighted by Gasteiger charge is 2.46. The van der Waals surface area contributed by atoms with E-state index in [4.69, 9.17) is 4.74 Å². The number of methoxy groups -OCH3 is 1. The molecule has 4 heteroatoms. The number of hydrogen-bond acceptors (Lipinski definition) is 3. The monoisotopic (exact) mass is 274 g/mol. The average Bonchev–Trinajstić information content (AvgIpc) is 2.78. The quantitative estimate of drug-likeness (QED) is 0.914. The molecule has 2 saturated heterocycles. The summed E-state index contributed by atoms with van der Waals surface area (Å²) < 4.78 is 5.16. The van der Waals surface area contributed by atoms with E-state index >= 15 is 0 Å². The summed E-state index contributed by atoms with van der Waals surface area (Å²) >= 11 is 0. The lowest BCUT2D eigenvalue weighted by atomic mass is 9.79. The van der Waals surface area contributed by atoms with E-state index in [-0.39, 0.29) is 5.41 Å². The van der Waals surface area contributed by atoms with Gasteiger partial charge in [-0.05, 0) is 43.5 Å². The first kappa shape index (κ1) is 13.4. The first-order chi connectivity index (χ1) is 9.73. The lowest BCUT2D eigenvalue weighted by molar-refractivity contribution is -0.137. The van der Waals surface area contributed by atoms with Crippen molar-refractivity contribution in [3.8, 4) is 5.75 Å². The number of carbonyl (C=O) groups excluding carboxylic acids is 1. The molecule has 2 heterocycles. The Morgan fingerprint density at radius 3 is 2.75 bits per heavy atom. The van der Waals surface area contributed by atoms with Gasteiger partial charge in [-0.25, -0.2) is 0 Å². The zero-order chi connectivity index (χ0) is 14.0. The number of rotatable bonds is 3. The van der Waals surface area contributed by atoms with E-state index < -0.39 is 0 Å². The number of likely N-dealkylation sites (tertiary alicyclic amines) is 1. The molecule has 1 atom stereocenters. The lowest BCUT2D eigenvalue weighted by Gasteiger charge is -2.32. The lowest BCUT2D eigenvalue weighted by Crippen LogP contribution is -2.45. The van der Waals surface area contributed by atoms with Crippen molar-refractivity contribution in [1.82, 2.24) is 10.2 Å². The van der Waals surface area contributed by atoms with Gasteiger partial charge in [-0.15, -0.1) is 0 Å². The van der Waals surface area contributed by atoms with Crippen LogP contribution in [0.15, 0.2) is 24.3 Å².